The molecule has 13 aromatic carbocycles. The highest BCUT2D eigenvalue weighted by atomic mass is 28.3. The molecule has 4 heterocycles. The number of aromatic nitrogens is 2. The van der Waals surface area contributed by atoms with Gasteiger partial charge in [-0.1, -0.05) is 268 Å². The highest BCUT2D eigenvalue weighted by Crippen LogP contribution is 2.53. The van der Waals surface area contributed by atoms with E-state index in [0.29, 0.717) is 0 Å². The van der Waals surface area contributed by atoms with Gasteiger partial charge < -0.3 is 18.6 Å². The van der Waals surface area contributed by atoms with E-state index < -0.39 is 16.1 Å². The van der Waals surface area contributed by atoms with E-state index in [2.05, 4.69) is 349 Å². The lowest BCUT2D eigenvalue weighted by atomic mass is 9.99. The largest absolute Gasteiger partial charge is 0.309 e. The van der Waals surface area contributed by atoms with Gasteiger partial charge in [0.05, 0.1) is 72.0 Å². The first-order valence-corrected chi connectivity index (χ1v) is 38.6. The summed E-state index contributed by atoms with van der Waals surface area (Å²) < 4.78 is 5.16. The maximum absolute atomic E-state index is 2.58. The lowest BCUT2D eigenvalue weighted by Gasteiger charge is -2.30. The summed E-state index contributed by atoms with van der Waals surface area (Å²) in [7, 11) is -3.44. The zero-order valence-corrected chi connectivity index (χ0v) is 53.5. The Labute approximate surface area is 527 Å². The monoisotopic (exact) mass is 1190 g/mol. The lowest BCUT2D eigenvalue weighted by Crippen LogP contribution is -2.37. The normalized spacial score (nSPS) is 12.3. The van der Waals surface area contributed by atoms with Crippen LogP contribution in [0.1, 0.15) is 0 Å². The van der Waals surface area contributed by atoms with Crippen LogP contribution in [0.25, 0.3) is 121 Å². The Morgan fingerprint density at radius 3 is 0.933 bits per heavy atom. The van der Waals surface area contributed by atoms with Gasteiger partial charge >= 0.3 is 0 Å². The summed E-state index contributed by atoms with van der Waals surface area (Å²) in [6.07, 6.45) is 0. The molecule has 0 radical (unpaired) electrons. The van der Waals surface area contributed by atoms with E-state index in [4.69, 9.17) is 0 Å². The van der Waals surface area contributed by atoms with Gasteiger partial charge in [0.25, 0.3) is 0 Å². The highest BCUT2D eigenvalue weighted by Gasteiger charge is 2.31. The number of hydrogen-bond acceptors (Lipinski definition) is 2. The van der Waals surface area contributed by atoms with Crippen LogP contribution >= 0.6 is 0 Å². The van der Waals surface area contributed by atoms with Crippen molar-refractivity contribution < 1.29 is 0 Å². The van der Waals surface area contributed by atoms with Gasteiger partial charge in [-0.2, -0.15) is 0 Å². The minimum Gasteiger partial charge on any atom is -0.309 e. The van der Waals surface area contributed by atoms with Crippen molar-refractivity contribution in [2.24, 2.45) is 0 Å². The predicted molar refractivity (Wildman–Crippen MR) is 393 cm³/mol. The van der Waals surface area contributed by atoms with Gasteiger partial charge in [-0.15, -0.1) is 0 Å². The van der Waals surface area contributed by atoms with Crippen LogP contribution < -0.4 is 20.2 Å². The molecule has 0 amide bonds. The smallest absolute Gasteiger partial charge is 0.0776 e. The molecule has 0 spiro atoms. The van der Waals surface area contributed by atoms with Crippen molar-refractivity contribution in [1.82, 2.24) is 8.80 Å². The van der Waals surface area contributed by atoms with E-state index in [9.17, 15) is 0 Å². The van der Waals surface area contributed by atoms with E-state index >= 15 is 0 Å². The first kappa shape index (κ1) is 53.7. The number of anilines is 6. The van der Waals surface area contributed by atoms with Gasteiger partial charge in [-0.3, -0.25) is 0 Å². The predicted octanol–water partition coefficient (Wildman–Crippen LogP) is 22.7. The third-order valence-corrected chi connectivity index (χ3v) is 23.2. The average molecular weight is 1190 g/mol. The zero-order chi connectivity index (χ0) is 60.6. The fourth-order valence-corrected chi connectivity index (χ4v) is 16.9. The van der Waals surface area contributed by atoms with Gasteiger partial charge in [0.1, 0.15) is 0 Å². The van der Waals surface area contributed by atoms with Crippen molar-refractivity contribution in [2.75, 3.05) is 9.80 Å². The number of benzene rings is 13. The van der Waals surface area contributed by atoms with Crippen molar-refractivity contribution in [1.29, 1.82) is 0 Å². The van der Waals surface area contributed by atoms with Crippen LogP contribution in [-0.4, -0.2) is 24.9 Å². The summed E-state index contributed by atoms with van der Waals surface area (Å²) in [5, 5.41) is 12.8. The van der Waals surface area contributed by atoms with E-state index in [1.165, 1.54) is 131 Å². The maximum Gasteiger partial charge on any atom is 0.0776 e. The number of fused-ring (bicyclic) bond motifs is 12. The van der Waals surface area contributed by atoms with Crippen LogP contribution in [0.15, 0.2) is 291 Å². The summed E-state index contributed by atoms with van der Waals surface area (Å²) in [5.41, 5.74) is 23.8. The van der Waals surface area contributed by atoms with Gasteiger partial charge in [0.2, 0.25) is 0 Å². The first-order valence-electron chi connectivity index (χ1n) is 31.6. The topological polar surface area (TPSA) is 15.3 Å². The van der Waals surface area contributed by atoms with Crippen LogP contribution in [-0.2, 0) is 0 Å². The molecule has 6 heteroatoms. The molecular weight excluding hydrogens is 1120 g/mol. The number of para-hydroxylation sites is 2. The molecule has 4 aromatic heterocycles. The van der Waals surface area contributed by atoms with E-state index in [1.54, 1.807) is 0 Å². The van der Waals surface area contributed by atoms with Crippen molar-refractivity contribution >= 4 is 137 Å². The van der Waals surface area contributed by atoms with Crippen LogP contribution in [0.4, 0.5) is 34.1 Å². The molecule has 0 N–H and O–H groups in total. The Hall–Kier alpha value is -10.5. The van der Waals surface area contributed by atoms with E-state index in [-0.39, 0.29) is 0 Å². The van der Waals surface area contributed by atoms with Crippen LogP contribution in [0.5, 0.6) is 0 Å². The summed E-state index contributed by atoms with van der Waals surface area (Å²) >= 11 is 0. The molecule has 17 rings (SSSR count). The molecule has 0 saturated heterocycles. The van der Waals surface area contributed by atoms with E-state index in [1.807, 2.05) is 0 Å². The third-order valence-electron chi connectivity index (χ3n) is 19.1. The number of nitrogens with zero attached hydrogens (tertiary/aromatic N) is 4. The molecule has 0 unspecified atom stereocenters. The Morgan fingerprint density at radius 2 is 0.567 bits per heavy atom. The molecule has 0 fully saturated rings. The lowest BCUT2D eigenvalue weighted by molar-refractivity contribution is 1.30. The fraction of sp³-hybridized carbons (Fsp3) is 0.0714. The molecular formula is C84H66N4Si2. The second kappa shape index (κ2) is 20.5. The average Bonchev–Trinajstić information content (AvgIpc) is 1.59. The van der Waals surface area contributed by atoms with E-state index in [0.717, 1.165) is 34.1 Å². The quantitative estimate of drug-likeness (QED) is 0.113. The van der Waals surface area contributed by atoms with Crippen molar-refractivity contribution in [2.45, 2.75) is 39.3 Å². The van der Waals surface area contributed by atoms with Crippen LogP contribution in [0.3, 0.4) is 0 Å². The zero-order valence-electron chi connectivity index (χ0n) is 51.5. The maximum atomic E-state index is 2.58. The van der Waals surface area contributed by atoms with Crippen LogP contribution in [0, 0.1) is 0 Å². The van der Waals surface area contributed by atoms with Gasteiger partial charge in [0.15, 0.2) is 0 Å². The standard InChI is InChI=1S/C84H66N4Si2/c1-89(2,3)63-43-47-75(69(51-63)59-27-15-9-16-28-59)85(61-39-35-57(36-40-61)55-23-11-7-12-24-55)77-49-45-65-71-53-80-72(54-79(71)87-73-33-21-19-31-67(73)81(77)83(65)87)66-46-50-78(82-68-32-20-22-34-74(68)88(80)84(66)82)86(62-41-37-58(38-42-62)56-25-13-8-14-26-56)76-48-44-64(90(4,5)6)52-70(76)60-29-17-10-18-30-60/h7-54H,1-6H3. The fourth-order valence-electron chi connectivity index (χ4n) is 14.6. The van der Waals surface area contributed by atoms with Crippen molar-refractivity contribution in [3.63, 3.8) is 0 Å². The molecule has 0 aliphatic carbocycles. The Balaban J connectivity index is 0.916. The first-order chi connectivity index (χ1) is 43.9. The summed E-state index contributed by atoms with van der Waals surface area (Å²) in [6.45, 7) is 14.7. The molecule has 4 nitrogen and oxygen atoms in total. The summed E-state index contributed by atoms with van der Waals surface area (Å²) in [6, 6.07) is 109. The minimum atomic E-state index is -1.72. The molecule has 0 saturated carbocycles. The van der Waals surface area contributed by atoms with Crippen molar-refractivity contribution in [3.05, 3.63) is 291 Å². The van der Waals surface area contributed by atoms with Crippen LogP contribution in [0.2, 0.25) is 39.3 Å². The third kappa shape index (κ3) is 8.46. The molecule has 0 aliphatic heterocycles. The Bertz CT molecular complexity index is 5240. The second-order valence-corrected chi connectivity index (χ2v) is 36.7. The van der Waals surface area contributed by atoms with Gasteiger partial charge in [0, 0.05) is 65.6 Å². The Morgan fingerprint density at radius 1 is 0.244 bits per heavy atom. The Kier molecular flexibility index (Phi) is 12.3. The molecule has 0 atom stereocenters. The van der Waals surface area contributed by atoms with Gasteiger partial charge in [-0.05, 0) is 106 Å². The number of hydrogen-bond donors (Lipinski definition) is 0. The molecule has 0 aliphatic rings. The van der Waals surface area contributed by atoms with Gasteiger partial charge in [-0.25, -0.2) is 0 Å². The molecule has 17 aromatic rings. The van der Waals surface area contributed by atoms with Crippen molar-refractivity contribution in [3.8, 4) is 44.5 Å². The summed E-state index contributed by atoms with van der Waals surface area (Å²) in [4.78, 5) is 5.09. The number of rotatable bonds is 12. The SMILES string of the molecule is C[Si](C)(C)c1ccc(N(c2ccc(-c3ccccc3)cc2)c2ccc3c4cc5c(cc4n4c6ccccc6c2c34)c2ccc(N(c3ccc(-c4ccccc4)cc3)c3ccc([Si](C)(C)C)cc3-c3ccccc3)c3c4ccccc4n5c23)c(-c2ccccc2)c1. The summed E-state index contributed by atoms with van der Waals surface area (Å²) in [5.74, 6) is 0. The minimum absolute atomic E-state index is 1.11. The molecule has 0 bridgehead atoms. The highest BCUT2D eigenvalue weighted by molar-refractivity contribution is 6.89. The molecule has 90 heavy (non-hydrogen) atoms. The molecule has 430 valence electrons. The second-order valence-electron chi connectivity index (χ2n) is 26.5.